The monoisotopic (exact) mass is 341 g/mol. The van der Waals surface area contributed by atoms with Gasteiger partial charge in [-0.15, -0.1) is 0 Å². The van der Waals surface area contributed by atoms with E-state index >= 15 is 0 Å². The molecule has 0 aliphatic carbocycles. The van der Waals surface area contributed by atoms with Crippen molar-refractivity contribution in [3.8, 4) is 5.75 Å². The number of methoxy groups -OCH3 is 1. The minimum Gasteiger partial charge on any atom is -0.495 e. The molecule has 2 aromatic rings. The van der Waals surface area contributed by atoms with Crippen LogP contribution in [-0.2, 0) is 4.79 Å². The van der Waals surface area contributed by atoms with Gasteiger partial charge in [-0.3, -0.25) is 4.79 Å². The Labute approximate surface area is 143 Å². The summed E-state index contributed by atoms with van der Waals surface area (Å²) in [7, 11) is 1.43. The molecule has 1 amide bonds. The standard InChI is InChI=1S/C18H15NO6/c1-25-15-10-11(3-9-16(20)21)2-8-14(15)19-17(22)12-4-6-13(7-5-12)18(23)24/h2-10H,1H3,(H,19,22)(H,20,21)(H,23,24). The van der Waals surface area contributed by atoms with Crippen LogP contribution in [0, 0.1) is 0 Å². The minimum absolute atomic E-state index is 0.0868. The molecule has 7 heteroatoms. The molecule has 0 radical (unpaired) electrons. The van der Waals surface area contributed by atoms with E-state index in [2.05, 4.69) is 5.32 Å². The summed E-state index contributed by atoms with van der Waals surface area (Å²) in [6.07, 6.45) is 2.40. The first-order valence-corrected chi connectivity index (χ1v) is 7.14. The summed E-state index contributed by atoms with van der Waals surface area (Å²) in [5.41, 5.74) is 1.39. The molecule has 0 spiro atoms. The summed E-state index contributed by atoms with van der Waals surface area (Å²) in [4.78, 5) is 33.6. The number of carbonyl (C=O) groups excluding carboxylic acids is 1. The Bertz CT molecular complexity index is 839. The highest BCUT2D eigenvalue weighted by Gasteiger charge is 2.11. The summed E-state index contributed by atoms with van der Waals surface area (Å²) in [5.74, 6) is -2.20. The number of aliphatic carboxylic acids is 1. The lowest BCUT2D eigenvalue weighted by Crippen LogP contribution is -2.13. The SMILES string of the molecule is COc1cc(C=CC(=O)O)ccc1NC(=O)c1ccc(C(=O)O)cc1. The zero-order chi connectivity index (χ0) is 18.4. The van der Waals surface area contributed by atoms with Crippen LogP contribution in [0.5, 0.6) is 5.75 Å². The number of anilines is 1. The largest absolute Gasteiger partial charge is 0.495 e. The van der Waals surface area contributed by atoms with Gasteiger partial charge in [-0.05, 0) is 48.0 Å². The number of aromatic carboxylic acids is 1. The molecule has 25 heavy (non-hydrogen) atoms. The number of carboxylic acids is 2. The number of benzene rings is 2. The van der Waals surface area contributed by atoms with Crippen LogP contribution < -0.4 is 10.1 Å². The lowest BCUT2D eigenvalue weighted by atomic mass is 10.1. The number of amides is 1. The number of hydrogen-bond donors (Lipinski definition) is 3. The Kier molecular flexibility index (Phi) is 5.52. The van der Waals surface area contributed by atoms with Crippen molar-refractivity contribution in [1.82, 2.24) is 0 Å². The van der Waals surface area contributed by atoms with Crippen molar-refractivity contribution in [2.75, 3.05) is 12.4 Å². The molecule has 0 atom stereocenters. The van der Waals surface area contributed by atoms with Gasteiger partial charge in [0.1, 0.15) is 5.75 Å². The molecule has 0 saturated carbocycles. The second-order valence-corrected chi connectivity index (χ2v) is 4.97. The number of hydrogen-bond acceptors (Lipinski definition) is 4. The molecule has 0 bridgehead atoms. The third-order valence-corrected chi connectivity index (χ3v) is 3.29. The molecule has 0 aromatic heterocycles. The predicted molar refractivity (Wildman–Crippen MR) is 91.0 cm³/mol. The van der Waals surface area contributed by atoms with Crippen LogP contribution in [-0.4, -0.2) is 35.2 Å². The molecular weight excluding hydrogens is 326 g/mol. The van der Waals surface area contributed by atoms with Crippen molar-refractivity contribution in [3.05, 3.63) is 65.2 Å². The van der Waals surface area contributed by atoms with Crippen LogP contribution in [0.15, 0.2) is 48.5 Å². The summed E-state index contributed by atoms with van der Waals surface area (Å²) in [6.45, 7) is 0. The Balaban J connectivity index is 2.19. The maximum absolute atomic E-state index is 12.3. The first-order valence-electron chi connectivity index (χ1n) is 7.14. The number of carboxylic acid groups (broad SMARTS) is 2. The third kappa shape index (κ3) is 4.68. The second-order valence-electron chi connectivity index (χ2n) is 4.97. The molecule has 0 aliphatic rings. The number of rotatable bonds is 6. The molecule has 128 valence electrons. The maximum atomic E-state index is 12.3. The Morgan fingerprint density at radius 2 is 1.64 bits per heavy atom. The molecular formula is C18H15NO6. The van der Waals surface area contributed by atoms with Crippen LogP contribution in [0.1, 0.15) is 26.3 Å². The van der Waals surface area contributed by atoms with E-state index in [1.807, 2.05) is 0 Å². The van der Waals surface area contributed by atoms with Crippen LogP contribution in [0.3, 0.4) is 0 Å². The average molecular weight is 341 g/mol. The summed E-state index contributed by atoms with van der Waals surface area (Å²) in [6, 6.07) is 10.3. The van der Waals surface area contributed by atoms with Gasteiger partial charge in [0.2, 0.25) is 0 Å². The molecule has 3 N–H and O–H groups in total. The molecule has 0 saturated heterocycles. The summed E-state index contributed by atoms with van der Waals surface area (Å²) < 4.78 is 5.21. The van der Waals surface area contributed by atoms with Crippen molar-refractivity contribution in [2.45, 2.75) is 0 Å². The Morgan fingerprint density at radius 1 is 1.00 bits per heavy atom. The summed E-state index contributed by atoms with van der Waals surface area (Å²) >= 11 is 0. The smallest absolute Gasteiger partial charge is 0.335 e. The van der Waals surface area contributed by atoms with Gasteiger partial charge in [-0.25, -0.2) is 9.59 Å². The highest BCUT2D eigenvalue weighted by atomic mass is 16.5. The van der Waals surface area contributed by atoms with Crippen molar-refractivity contribution in [1.29, 1.82) is 0 Å². The number of nitrogens with one attached hydrogen (secondary N) is 1. The highest BCUT2D eigenvalue weighted by molar-refractivity contribution is 6.05. The predicted octanol–water partition coefficient (Wildman–Crippen LogP) is 2.74. The van der Waals surface area contributed by atoms with E-state index in [1.165, 1.54) is 37.5 Å². The van der Waals surface area contributed by atoms with Crippen LogP contribution in [0.2, 0.25) is 0 Å². The first kappa shape index (κ1) is 17.7. The van der Waals surface area contributed by atoms with Crippen molar-refractivity contribution in [3.63, 3.8) is 0 Å². The van der Waals surface area contributed by atoms with Gasteiger partial charge >= 0.3 is 11.9 Å². The van der Waals surface area contributed by atoms with E-state index in [1.54, 1.807) is 18.2 Å². The lowest BCUT2D eigenvalue weighted by molar-refractivity contribution is -0.131. The fourth-order valence-corrected chi connectivity index (χ4v) is 2.04. The van der Waals surface area contributed by atoms with Gasteiger partial charge in [0, 0.05) is 11.6 Å². The Morgan fingerprint density at radius 3 is 2.20 bits per heavy atom. The molecule has 2 rings (SSSR count). The fourth-order valence-electron chi connectivity index (χ4n) is 2.04. The van der Waals surface area contributed by atoms with E-state index in [0.29, 0.717) is 22.6 Å². The van der Waals surface area contributed by atoms with E-state index in [-0.39, 0.29) is 5.56 Å². The fraction of sp³-hybridized carbons (Fsp3) is 0.0556. The second kappa shape index (κ2) is 7.78. The molecule has 0 unspecified atom stereocenters. The van der Waals surface area contributed by atoms with E-state index in [4.69, 9.17) is 14.9 Å². The summed E-state index contributed by atoms with van der Waals surface area (Å²) in [5, 5.41) is 20.2. The van der Waals surface area contributed by atoms with Gasteiger partial charge in [0.15, 0.2) is 0 Å². The van der Waals surface area contributed by atoms with Gasteiger partial charge in [-0.2, -0.15) is 0 Å². The highest BCUT2D eigenvalue weighted by Crippen LogP contribution is 2.26. The molecule has 0 heterocycles. The quantitative estimate of drug-likeness (QED) is 0.696. The van der Waals surface area contributed by atoms with Crippen molar-refractivity contribution >= 4 is 29.6 Å². The molecule has 0 fully saturated rings. The normalized spacial score (nSPS) is 10.4. The molecule has 7 nitrogen and oxygen atoms in total. The molecule has 0 aliphatic heterocycles. The van der Waals surface area contributed by atoms with Gasteiger partial charge < -0.3 is 20.3 Å². The van der Waals surface area contributed by atoms with Crippen molar-refractivity contribution < 1.29 is 29.3 Å². The average Bonchev–Trinajstić information content (AvgIpc) is 2.60. The van der Waals surface area contributed by atoms with Gasteiger partial charge in [-0.1, -0.05) is 6.07 Å². The third-order valence-electron chi connectivity index (χ3n) is 3.29. The van der Waals surface area contributed by atoms with Crippen LogP contribution in [0.4, 0.5) is 5.69 Å². The number of ether oxygens (including phenoxy) is 1. The van der Waals surface area contributed by atoms with E-state index in [9.17, 15) is 14.4 Å². The van der Waals surface area contributed by atoms with Crippen LogP contribution >= 0.6 is 0 Å². The Hall–Kier alpha value is -3.61. The minimum atomic E-state index is -1.07. The molecule has 2 aromatic carbocycles. The maximum Gasteiger partial charge on any atom is 0.335 e. The van der Waals surface area contributed by atoms with Crippen molar-refractivity contribution in [2.24, 2.45) is 0 Å². The first-order chi connectivity index (χ1) is 11.9. The topological polar surface area (TPSA) is 113 Å². The van der Waals surface area contributed by atoms with Gasteiger partial charge in [0.05, 0.1) is 18.4 Å². The zero-order valence-corrected chi connectivity index (χ0v) is 13.2. The van der Waals surface area contributed by atoms with Gasteiger partial charge in [0.25, 0.3) is 5.91 Å². The van der Waals surface area contributed by atoms with E-state index < -0.39 is 17.8 Å². The lowest BCUT2D eigenvalue weighted by Gasteiger charge is -2.11. The zero-order valence-electron chi connectivity index (χ0n) is 13.2. The van der Waals surface area contributed by atoms with Crippen LogP contribution in [0.25, 0.3) is 6.08 Å². The number of carbonyl (C=O) groups is 3. The van der Waals surface area contributed by atoms with E-state index in [0.717, 1.165) is 6.08 Å².